The fraction of sp³-hybridized carbons (Fsp3) is 0. The minimum atomic E-state index is -0.533. The maximum Gasteiger partial charge on any atom is 0.271 e. The number of carbonyl (C=O) groups excluding carboxylic acids is 1. The van der Waals surface area contributed by atoms with E-state index in [1.807, 2.05) is 0 Å². The van der Waals surface area contributed by atoms with Crippen LogP contribution >= 0.6 is 0 Å². The predicted octanol–water partition coefficient (Wildman–Crippen LogP) is 1.55. The average Bonchev–Trinajstić information content (AvgIpc) is 2.58. The van der Waals surface area contributed by atoms with Crippen molar-refractivity contribution >= 4 is 23.1 Å². The number of nitrogens with zero attached hydrogens (tertiary/aromatic N) is 2. The van der Waals surface area contributed by atoms with E-state index in [0.29, 0.717) is 17.4 Å². The topological polar surface area (TPSA) is 86.2 Å². The Morgan fingerprint density at radius 2 is 2.29 bits per heavy atom. The lowest BCUT2D eigenvalue weighted by Gasteiger charge is -1.88. The molecule has 0 unspecified atom stereocenters. The number of hydrogen-bond acceptors (Lipinski definition) is 5. The second kappa shape index (κ2) is 2.91. The molecule has 6 nitrogen and oxygen atoms in total. The molecule has 0 saturated heterocycles. The van der Waals surface area contributed by atoms with Crippen LogP contribution in [-0.2, 0) is 0 Å². The van der Waals surface area contributed by atoms with Crippen LogP contribution in [0.3, 0.4) is 0 Å². The molecule has 2 rings (SSSR count). The first-order valence-corrected chi connectivity index (χ1v) is 3.71. The molecule has 0 bridgehead atoms. The molecule has 0 fully saturated rings. The van der Waals surface area contributed by atoms with E-state index < -0.39 is 4.92 Å². The van der Waals surface area contributed by atoms with Gasteiger partial charge in [0.2, 0.25) is 6.29 Å². The van der Waals surface area contributed by atoms with Gasteiger partial charge in [-0.15, -0.1) is 0 Å². The normalized spacial score (nSPS) is 10.3. The third-order valence-electron chi connectivity index (χ3n) is 1.70. The molecule has 1 aromatic heterocycles. The Kier molecular flexibility index (Phi) is 1.74. The van der Waals surface area contributed by atoms with Gasteiger partial charge in [-0.2, -0.15) is 0 Å². The highest BCUT2D eigenvalue weighted by atomic mass is 16.6. The lowest BCUT2D eigenvalue weighted by atomic mass is 10.3. The molecule has 0 atom stereocenters. The smallest absolute Gasteiger partial charge is 0.271 e. The number of non-ortho nitro benzene ring substituents is 1. The Morgan fingerprint density at radius 1 is 1.50 bits per heavy atom. The third-order valence-corrected chi connectivity index (χ3v) is 1.70. The van der Waals surface area contributed by atoms with E-state index in [-0.39, 0.29) is 11.6 Å². The molecule has 2 aromatic rings. The molecule has 0 radical (unpaired) electrons. The van der Waals surface area contributed by atoms with E-state index in [4.69, 9.17) is 4.42 Å². The molecule has 0 aliphatic heterocycles. The number of aldehydes is 1. The third kappa shape index (κ3) is 1.22. The summed E-state index contributed by atoms with van der Waals surface area (Å²) in [5, 5.41) is 10.4. The molecular formula is C8H4N2O4. The number of hydrogen-bond donors (Lipinski definition) is 0. The van der Waals surface area contributed by atoms with E-state index in [9.17, 15) is 14.9 Å². The minimum absolute atomic E-state index is 0.0803. The lowest BCUT2D eigenvalue weighted by Crippen LogP contribution is -1.86. The maximum absolute atomic E-state index is 10.4. The molecule has 6 heteroatoms. The highest BCUT2D eigenvalue weighted by Crippen LogP contribution is 2.20. The van der Waals surface area contributed by atoms with Crippen LogP contribution in [0.1, 0.15) is 10.7 Å². The van der Waals surface area contributed by atoms with Crippen molar-refractivity contribution in [2.75, 3.05) is 0 Å². The molecule has 70 valence electrons. The zero-order chi connectivity index (χ0) is 10.1. The summed E-state index contributed by atoms with van der Waals surface area (Å²) in [6.45, 7) is 0. The maximum atomic E-state index is 10.4. The summed E-state index contributed by atoms with van der Waals surface area (Å²) in [7, 11) is 0. The van der Waals surface area contributed by atoms with Crippen molar-refractivity contribution in [2.24, 2.45) is 0 Å². The molecule has 1 aromatic carbocycles. The summed E-state index contributed by atoms with van der Waals surface area (Å²) in [5.41, 5.74) is 0.585. The predicted molar refractivity (Wildman–Crippen MR) is 46.1 cm³/mol. The second-order valence-electron chi connectivity index (χ2n) is 2.58. The molecular weight excluding hydrogens is 188 g/mol. The van der Waals surface area contributed by atoms with E-state index in [1.54, 1.807) is 0 Å². The molecule has 0 saturated carbocycles. The van der Waals surface area contributed by atoms with Crippen LogP contribution in [0, 0.1) is 10.1 Å². The second-order valence-corrected chi connectivity index (χ2v) is 2.58. The van der Waals surface area contributed by atoms with Crippen molar-refractivity contribution in [3.63, 3.8) is 0 Å². The van der Waals surface area contributed by atoms with Gasteiger partial charge in [0.15, 0.2) is 5.58 Å². The van der Waals surface area contributed by atoms with Crippen LogP contribution in [0.15, 0.2) is 22.6 Å². The van der Waals surface area contributed by atoms with Crippen molar-refractivity contribution in [1.29, 1.82) is 0 Å². The number of rotatable bonds is 2. The highest BCUT2D eigenvalue weighted by Gasteiger charge is 2.10. The number of nitro benzene ring substituents is 1. The Labute approximate surface area is 77.3 Å². The summed E-state index contributed by atoms with van der Waals surface area (Å²) in [5.74, 6) is -0.0829. The fourth-order valence-corrected chi connectivity index (χ4v) is 1.10. The monoisotopic (exact) mass is 192 g/mol. The highest BCUT2D eigenvalue weighted by molar-refractivity contribution is 5.80. The van der Waals surface area contributed by atoms with Gasteiger partial charge in [-0.1, -0.05) is 0 Å². The van der Waals surface area contributed by atoms with Gasteiger partial charge < -0.3 is 4.42 Å². The first-order chi connectivity index (χ1) is 6.70. The molecule has 14 heavy (non-hydrogen) atoms. The summed E-state index contributed by atoms with van der Waals surface area (Å²) in [6.07, 6.45) is 0.450. The number of aromatic nitrogens is 1. The van der Waals surface area contributed by atoms with Crippen LogP contribution in [0.25, 0.3) is 11.1 Å². The number of oxazole rings is 1. The van der Waals surface area contributed by atoms with Crippen molar-refractivity contribution < 1.29 is 14.1 Å². The van der Waals surface area contributed by atoms with Crippen LogP contribution < -0.4 is 0 Å². The number of benzene rings is 1. The van der Waals surface area contributed by atoms with E-state index >= 15 is 0 Å². The molecule has 0 amide bonds. The molecule has 0 N–H and O–H groups in total. The van der Waals surface area contributed by atoms with Gasteiger partial charge in [-0.3, -0.25) is 14.9 Å². The van der Waals surface area contributed by atoms with Crippen molar-refractivity contribution in [1.82, 2.24) is 4.98 Å². The fourth-order valence-electron chi connectivity index (χ4n) is 1.10. The zero-order valence-corrected chi connectivity index (χ0v) is 6.84. The van der Waals surface area contributed by atoms with Crippen molar-refractivity contribution in [2.45, 2.75) is 0 Å². The van der Waals surface area contributed by atoms with Crippen LogP contribution in [0.2, 0.25) is 0 Å². The van der Waals surface area contributed by atoms with Gasteiger partial charge in [-0.05, 0) is 6.07 Å². The van der Waals surface area contributed by atoms with E-state index in [2.05, 4.69) is 4.98 Å². The summed E-state index contributed by atoms with van der Waals surface area (Å²) in [4.78, 5) is 23.9. The Hall–Kier alpha value is -2.24. The summed E-state index contributed by atoms with van der Waals surface area (Å²) < 4.78 is 4.95. The molecule has 0 aliphatic carbocycles. The number of nitro groups is 1. The Balaban J connectivity index is 2.65. The minimum Gasteiger partial charge on any atom is -0.434 e. The van der Waals surface area contributed by atoms with Crippen molar-refractivity contribution in [3.8, 4) is 0 Å². The van der Waals surface area contributed by atoms with Gasteiger partial charge >= 0.3 is 0 Å². The largest absolute Gasteiger partial charge is 0.434 e. The Bertz CT molecular complexity index is 517. The van der Waals surface area contributed by atoms with Crippen molar-refractivity contribution in [3.05, 3.63) is 34.2 Å². The average molecular weight is 192 g/mol. The van der Waals surface area contributed by atoms with Gasteiger partial charge in [0.1, 0.15) is 5.52 Å². The summed E-state index contributed by atoms with van der Waals surface area (Å²) in [6, 6.07) is 3.96. The number of carbonyl (C=O) groups is 1. The first-order valence-electron chi connectivity index (χ1n) is 3.71. The van der Waals surface area contributed by atoms with Gasteiger partial charge in [0, 0.05) is 12.1 Å². The van der Waals surface area contributed by atoms with Crippen LogP contribution in [0.5, 0.6) is 0 Å². The number of fused-ring (bicyclic) bond motifs is 1. The quantitative estimate of drug-likeness (QED) is 0.409. The first kappa shape index (κ1) is 8.36. The molecule has 0 spiro atoms. The van der Waals surface area contributed by atoms with Gasteiger partial charge in [0.25, 0.3) is 11.6 Å². The molecule has 0 aliphatic rings. The standard InChI is InChI=1S/C8H4N2O4/c11-4-8-9-6-3-5(10(12)13)1-2-7(6)14-8/h1-4H. The van der Waals surface area contributed by atoms with E-state index in [1.165, 1.54) is 18.2 Å². The lowest BCUT2D eigenvalue weighted by molar-refractivity contribution is -0.384. The van der Waals surface area contributed by atoms with Gasteiger partial charge in [0.05, 0.1) is 4.92 Å². The SMILES string of the molecule is O=Cc1nc2cc([N+](=O)[O-])ccc2o1. The van der Waals surface area contributed by atoms with Crippen LogP contribution in [-0.4, -0.2) is 16.2 Å². The van der Waals surface area contributed by atoms with Crippen LogP contribution in [0.4, 0.5) is 5.69 Å². The van der Waals surface area contributed by atoms with E-state index in [0.717, 1.165) is 0 Å². The Morgan fingerprint density at radius 3 is 2.93 bits per heavy atom. The molecule has 1 heterocycles. The van der Waals surface area contributed by atoms with Gasteiger partial charge in [-0.25, -0.2) is 4.98 Å². The summed E-state index contributed by atoms with van der Waals surface area (Å²) >= 11 is 0. The zero-order valence-electron chi connectivity index (χ0n) is 6.84.